The maximum atomic E-state index is 12.6. The molecule has 6 heteroatoms. The van der Waals surface area contributed by atoms with Crippen LogP contribution in [0.3, 0.4) is 0 Å². The lowest BCUT2D eigenvalue weighted by atomic mass is 10.1. The van der Waals surface area contributed by atoms with Crippen LogP contribution in [-0.2, 0) is 6.54 Å². The molecule has 0 bridgehead atoms. The summed E-state index contributed by atoms with van der Waals surface area (Å²) < 4.78 is 1.50. The summed E-state index contributed by atoms with van der Waals surface area (Å²) in [6.45, 7) is 0.264. The Hall–Kier alpha value is -2.30. The molecule has 3 aromatic rings. The van der Waals surface area contributed by atoms with Gasteiger partial charge in [-0.25, -0.2) is 4.79 Å². The van der Waals surface area contributed by atoms with Gasteiger partial charge in [0, 0.05) is 16.6 Å². The average Bonchev–Trinajstić information content (AvgIpc) is 2.51. The summed E-state index contributed by atoms with van der Waals surface area (Å²) in [6.07, 6.45) is 1.64. The fourth-order valence-electron chi connectivity index (χ4n) is 2.44. The summed E-state index contributed by atoms with van der Waals surface area (Å²) in [7, 11) is 0. The highest BCUT2D eigenvalue weighted by Gasteiger charge is 2.09. The van der Waals surface area contributed by atoms with Crippen molar-refractivity contribution in [3.05, 3.63) is 80.2 Å². The first-order valence-corrected chi connectivity index (χ1v) is 7.52. The summed E-state index contributed by atoms with van der Waals surface area (Å²) in [5.41, 5.74) is 0.675. The van der Waals surface area contributed by atoms with E-state index in [2.05, 4.69) is 0 Å². The van der Waals surface area contributed by atoms with Gasteiger partial charge in [-0.3, -0.25) is 4.79 Å². The number of carboxylic acids is 1. The Morgan fingerprint density at radius 1 is 1.09 bits per heavy atom. The molecule has 0 aliphatic carbocycles. The van der Waals surface area contributed by atoms with Crippen molar-refractivity contribution in [1.29, 1.82) is 0 Å². The Bertz CT molecular complexity index is 979. The van der Waals surface area contributed by atoms with Gasteiger partial charge in [-0.2, -0.15) is 0 Å². The molecule has 4 nitrogen and oxygen atoms in total. The molecule has 0 spiro atoms. The molecule has 0 aliphatic rings. The van der Waals surface area contributed by atoms with E-state index in [4.69, 9.17) is 28.3 Å². The SMILES string of the molecule is O=C(O)c1cccc(Cn2ccc3c(Cl)cc(Cl)cc3c2=O)c1. The van der Waals surface area contributed by atoms with E-state index in [1.807, 2.05) is 0 Å². The third-order valence-electron chi connectivity index (χ3n) is 3.53. The summed E-state index contributed by atoms with van der Waals surface area (Å²) in [5.74, 6) is -1.00. The van der Waals surface area contributed by atoms with E-state index >= 15 is 0 Å². The van der Waals surface area contributed by atoms with Crippen LogP contribution in [0.5, 0.6) is 0 Å². The summed E-state index contributed by atoms with van der Waals surface area (Å²) in [4.78, 5) is 23.6. The fraction of sp³-hybridized carbons (Fsp3) is 0.0588. The molecule has 1 aromatic heterocycles. The Morgan fingerprint density at radius 3 is 2.61 bits per heavy atom. The van der Waals surface area contributed by atoms with Crippen molar-refractivity contribution in [3.63, 3.8) is 0 Å². The lowest BCUT2D eigenvalue weighted by Gasteiger charge is -2.09. The zero-order chi connectivity index (χ0) is 16.6. The number of rotatable bonds is 3. The molecular weight excluding hydrogens is 337 g/mol. The van der Waals surface area contributed by atoms with E-state index < -0.39 is 5.97 Å². The molecular formula is C17H11Cl2NO3. The van der Waals surface area contributed by atoms with Crippen LogP contribution in [0.2, 0.25) is 10.0 Å². The molecule has 1 N–H and O–H groups in total. The predicted octanol–water partition coefficient (Wildman–Crippen LogP) is 4.05. The first kappa shape index (κ1) is 15.6. The molecule has 116 valence electrons. The highest BCUT2D eigenvalue weighted by atomic mass is 35.5. The van der Waals surface area contributed by atoms with E-state index in [9.17, 15) is 9.59 Å². The third-order valence-corrected chi connectivity index (χ3v) is 4.06. The van der Waals surface area contributed by atoms with Crippen molar-refractivity contribution in [2.24, 2.45) is 0 Å². The molecule has 23 heavy (non-hydrogen) atoms. The Labute approximate surface area is 141 Å². The second-order valence-electron chi connectivity index (χ2n) is 5.10. The lowest BCUT2D eigenvalue weighted by Crippen LogP contribution is -2.20. The summed E-state index contributed by atoms with van der Waals surface area (Å²) >= 11 is 12.1. The minimum absolute atomic E-state index is 0.183. The minimum atomic E-state index is -1.00. The van der Waals surface area contributed by atoms with Crippen LogP contribution >= 0.6 is 23.2 Å². The number of carbonyl (C=O) groups is 1. The number of halogens is 2. The van der Waals surface area contributed by atoms with Gasteiger partial charge >= 0.3 is 5.97 Å². The average molecular weight is 348 g/mol. The van der Waals surface area contributed by atoms with E-state index in [-0.39, 0.29) is 17.7 Å². The van der Waals surface area contributed by atoms with Crippen molar-refractivity contribution in [2.75, 3.05) is 0 Å². The van der Waals surface area contributed by atoms with Crippen LogP contribution in [0.1, 0.15) is 15.9 Å². The zero-order valence-electron chi connectivity index (χ0n) is 11.8. The Morgan fingerprint density at radius 2 is 1.87 bits per heavy atom. The van der Waals surface area contributed by atoms with Gasteiger partial charge in [0.15, 0.2) is 0 Å². The largest absolute Gasteiger partial charge is 0.478 e. The van der Waals surface area contributed by atoms with Crippen LogP contribution in [0.4, 0.5) is 0 Å². The van der Waals surface area contributed by atoms with Crippen LogP contribution in [-0.4, -0.2) is 15.6 Å². The van der Waals surface area contributed by atoms with Crippen LogP contribution in [0.15, 0.2) is 53.5 Å². The molecule has 0 saturated carbocycles. The van der Waals surface area contributed by atoms with Gasteiger partial charge in [-0.05, 0) is 35.9 Å². The van der Waals surface area contributed by atoms with Crippen LogP contribution in [0.25, 0.3) is 10.8 Å². The number of carboxylic acid groups (broad SMARTS) is 1. The Balaban J connectivity index is 2.08. The van der Waals surface area contributed by atoms with Gasteiger partial charge in [0.1, 0.15) is 0 Å². The van der Waals surface area contributed by atoms with Crippen LogP contribution < -0.4 is 5.56 Å². The second kappa shape index (κ2) is 6.07. The molecule has 3 rings (SSSR count). The van der Waals surface area contributed by atoms with Gasteiger partial charge in [0.05, 0.1) is 22.5 Å². The maximum absolute atomic E-state index is 12.6. The van der Waals surface area contributed by atoms with E-state index in [1.165, 1.54) is 10.6 Å². The molecule has 0 unspecified atom stereocenters. The smallest absolute Gasteiger partial charge is 0.335 e. The number of aromatic carboxylic acids is 1. The number of pyridine rings is 1. The third kappa shape index (κ3) is 3.09. The van der Waals surface area contributed by atoms with Crippen molar-refractivity contribution >= 4 is 39.9 Å². The van der Waals surface area contributed by atoms with E-state index in [0.717, 1.165) is 5.56 Å². The molecule has 0 saturated heterocycles. The highest BCUT2D eigenvalue weighted by molar-refractivity contribution is 6.38. The molecule has 0 amide bonds. The van der Waals surface area contributed by atoms with Gasteiger partial charge < -0.3 is 9.67 Å². The summed E-state index contributed by atoms with van der Waals surface area (Å²) in [6, 6.07) is 11.4. The number of aromatic nitrogens is 1. The predicted molar refractivity (Wildman–Crippen MR) is 90.7 cm³/mol. The lowest BCUT2D eigenvalue weighted by molar-refractivity contribution is 0.0696. The van der Waals surface area contributed by atoms with Crippen LogP contribution in [0, 0.1) is 0 Å². The van der Waals surface area contributed by atoms with Crippen molar-refractivity contribution in [3.8, 4) is 0 Å². The van der Waals surface area contributed by atoms with E-state index in [0.29, 0.717) is 20.8 Å². The summed E-state index contributed by atoms with van der Waals surface area (Å²) in [5, 5.41) is 10.9. The van der Waals surface area contributed by atoms with Gasteiger partial charge in [0.25, 0.3) is 5.56 Å². The minimum Gasteiger partial charge on any atom is -0.478 e. The van der Waals surface area contributed by atoms with Crippen molar-refractivity contribution in [2.45, 2.75) is 6.54 Å². The number of nitrogens with zero attached hydrogens (tertiary/aromatic N) is 1. The first-order chi connectivity index (χ1) is 11.0. The molecule has 0 radical (unpaired) electrons. The molecule has 0 aliphatic heterocycles. The molecule has 2 aromatic carbocycles. The first-order valence-electron chi connectivity index (χ1n) is 6.76. The van der Waals surface area contributed by atoms with Gasteiger partial charge in [-0.1, -0.05) is 35.3 Å². The quantitative estimate of drug-likeness (QED) is 0.777. The van der Waals surface area contributed by atoms with Gasteiger partial charge in [0.2, 0.25) is 0 Å². The zero-order valence-corrected chi connectivity index (χ0v) is 13.3. The number of benzene rings is 2. The van der Waals surface area contributed by atoms with Crippen molar-refractivity contribution in [1.82, 2.24) is 4.57 Å². The molecule has 1 heterocycles. The maximum Gasteiger partial charge on any atom is 0.335 e. The Kier molecular flexibility index (Phi) is 4.11. The van der Waals surface area contributed by atoms with Crippen molar-refractivity contribution < 1.29 is 9.90 Å². The topological polar surface area (TPSA) is 59.3 Å². The second-order valence-corrected chi connectivity index (χ2v) is 5.95. The number of fused-ring (bicyclic) bond motifs is 1. The number of hydrogen-bond acceptors (Lipinski definition) is 2. The highest BCUT2D eigenvalue weighted by Crippen LogP contribution is 2.25. The van der Waals surface area contributed by atoms with E-state index in [1.54, 1.807) is 42.6 Å². The monoisotopic (exact) mass is 347 g/mol. The number of hydrogen-bond donors (Lipinski definition) is 1. The molecule has 0 fully saturated rings. The fourth-order valence-corrected chi connectivity index (χ4v) is 3.00. The normalized spacial score (nSPS) is 10.9. The molecule has 0 atom stereocenters. The standard InChI is InChI=1S/C17H11Cl2NO3/c18-12-7-14-13(15(19)8-12)4-5-20(16(14)21)9-10-2-1-3-11(6-10)17(22)23/h1-8H,9H2,(H,22,23). The van der Waals surface area contributed by atoms with Gasteiger partial charge in [-0.15, -0.1) is 0 Å².